The van der Waals surface area contributed by atoms with Gasteiger partial charge >= 0.3 is 0 Å². The van der Waals surface area contributed by atoms with Gasteiger partial charge in [0.25, 0.3) is 0 Å². The summed E-state index contributed by atoms with van der Waals surface area (Å²) in [6.45, 7) is 3.93. The van der Waals surface area contributed by atoms with Crippen LogP contribution in [-0.4, -0.2) is 12.4 Å². The summed E-state index contributed by atoms with van der Waals surface area (Å²) in [7, 11) is 0. The third-order valence-electron chi connectivity index (χ3n) is 2.16. The van der Waals surface area contributed by atoms with Crippen molar-refractivity contribution < 1.29 is 13.9 Å². The summed E-state index contributed by atoms with van der Waals surface area (Å²) in [4.78, 5) is 11.6. The number of hydrogen-bond donors (Lipinski definition) is 0. The molecule has 0 spiro atoms. The van der Waals surface area contributed by atoms with Crippen molar-refractivity contribution in [3.05, 3.63) is 35.6 Å². The number of rotatable bonds is 5. The first kappa shape index (κ1) is 11.9. The highest BCUT2D eigenvalue weighted by atomic mass is 19.1. The zero-order valence-corrected chi connectivity index (χ0v) is 9.00. The molecule has 3 heteroatoms. The van der Waals surface area contributed by atoms with Gasteiger partial charge in [0.15, 0.2) is 5.78 Å². The number of carbonyl (C=O) groups is 1. The molecule has 0 bridgehead atoms. The van der Waals surface area contributed by atoms with Gasteiger partial charge in [0.2, 0.25) is 0 Å². The Morgan fingerprint density at radius 3 is 2.60 bits per heavy atom. The fourth-order valence-electron chi connectivity index (χ4n) is 1.40. The van der Waals surface area contributed by atoms with Crippen molar-refractivity contribution in [3.63, 3.8) is 0 Å². The lowest BCUT2D eigenvalue weighted by Gasteiger charge is -2.15. The van der Waals surface area contributed by atoms with Crippen LogP contribution >= 0.6 is 0 Å². The molecule has 0 saturated carbocycles. The van der Waals surface area contributed by atoms with E-state index in [-0.39, 0.29) is 5.78 Å². The fraction of sp³-hybridized carbons (Fsp3) is 0.417. The quantitative estimate of drug-likeness (QED) is 0.747. The van der Waals surface area contributed by atoms with Crippen LogP contribution < -0.4 is 0 Å². The van der Waals surface area contributed by atoms with E-state index >= 15 is 0 Å². The average Bonchev–Trinajstić information content (AvgIpc) is 2.26. The minimum absolute atomic E-state index is 0.0954. The van der Waals surface area contributed by atoms with E-state index in [1.54, 1.807) is 32.0 Å². The predicted octanol–water partition coefficient (Wildman–Crippen LogP) is 2.88. The van der Waals surface area contributed by atoms with E-state index < -0.39 is 11.9 Å². The van der Waals surface area contributed by atoms with Crippen LogP contribution in [0.2, 0.25) is 0 Å². The van der Waals surface area contributed by atoms with Crippen LogP contribution in [0, 0.1) is 5.82 Å². The molecule has 82 valence electrons. The van der Waals surface area contributed by atoms with E-state index in [4.69, 9.17) is 4.74 Å². The summed E-state index contributed by atoms with van der Waals surface area (Å²) in [6, 6.07) is 6.22. The molecule has 0 amide bonds. The topological polar surface area (TPSA) is 26.3 Å². The van der Waals surface area contributed by atoms with E-state index in [9.17, 15) is 9.18 Å². The molecular formula is C12H15FO2. The molecule has 1 unspecified atom stereocenters. The second-order valence-electron chi connectivity index (χ2n) is 3.18. The van der Waals surface area contributed by atoms with E-state index in [1.807, 2.05) is 0 Å². The molecule has 1 rings (SSSR count). The normalized spacial score (nSPS) is 12.5. The lowest BCUT2D eigenvalue weighted by atomic mass is 10.0. The van der Waals surface area contributed by atoms with Crippen LogP contribution in [0.15, 0.2) is 24.3 Å². The number of halogens is 1. The van der Waals surface area contributed by atoms with E-state index in [1.165, 1.54) is 6.07 Å². The monoisotopic (exact) mass is 210 g/mol. The van der Waals surface area contributed by atoms with Crippen molar-refractivity contribution in [1.82, 2.24) is 0 Å². The van der Waals surface area contributed by atoms with Crippen molar-refractivity contribution in [3.8, 4) is 0 Å². The summed E-state index contributed by atoms with van der Waals surface area (Å²) >= 11 is 0. The van der Waals surface area contributed by atoms with E-state index in [0.29, 0.717) is 18.6 Å². The van der Waals surface area contributed by atoms with Gasteiger partial charge < -0.3 is 4.74 Å². The number of benzene rings is 1. The molecule has 1 aromatic rings. The van der Waals surface area contributed by atoms with Crippen LogP contribution in [0.4, 0.5) is 4.39 Å². The summed E-state index contributed by atoms with van der Waals surface area (Å²) in [5.74, 6) is -0.486. The average molecular weight is 210 g/mol. The van der Waals surface area contributed by atoms with Crippen LogP contribution in [-0.2, 0) is 9.53 Å². The Kier molecular flexibility index (Phi) is 4.43. The van der Waals surface area contributed by atoms with Crippen molar-refractivity contribution >= 4 is 5.78 Å². The van der Waals surface area contributed by atoms with Gasteiger partial charge in [0.05, 0.1) is 0 Å². The molecular weight excluding hydrogens is 195 g/mol. The number of hydrogen-bond acceptors (Lipinski definition) is 2. The standard InChI is InChI=1S/C12H15FO2/c1-3-11(14)12(15-4-2)9-7-5-6-8-10(9)13/h5-8,12H,3-4H2,1-2H3. The molecule has 1 atom stereocenters. The minimum atomic E-state index is -0.763. The van der Waals surface area contributed by atoms with Crippen molar-refractivity contribution in [1.29, 1.82) is 0 Å². The molecule has 0 fully saturated rings. The SMILES string of the molecule is CCOC(C(=O)CC)c1ccccc1F. The molecule has 1 aromatic carbocycles. The Morgan fingerprint density at radius 2 is 2.07 bits per heavy atom. The largest absolute Gasteiger partial charge is 0.366 e. The van der Waals surface area contributed by atoms with Gasteiger partial charge in [-0.1, -0.05) is 25.1 Å². The Labute approximate surface area is 89.1 Å². The van der Waals surface area contributed by atoms with E-state index in [2.05, 4.69) is 0 Å². The predicted molar refractivity (Wildman–Crippen MR) is 56.1 cm³/mol. The lowest BCUT2D eigenvalue weighted by molar-refractivity contribution is -0.130. The number of ether oxygens (including phenoxy) is 1. The Bertz CT molecular complexity index is 336. The van der Waals surface area contributed by atoms with Crippen molar-refractivity contribution in [2.45, 2.75) is 26.4 Å². The van der Waals surface area contributed by atoms with Crippen LogP contribution in [0.5, 0.6) is 0 Å². The maximum Gasteiger partial charge on any atom is 0.165 e. The number of ketones is 1. The molecule has 0 heterocycles. The van der Waals surface area contributed by atoms with Gasteiger partial charge in [0, 0.05) is 18.6 Å². The van der Waals surface area contributed by atoms with Crippen molar-refractivity contribution in [2.24, 2.45) is 0 Å². The fourth-order valence-corrected chi connectivity index (χ4v) is 1.40. The first-order valence-corrected chi connectivity index (χ1v) is 5.09. The molecule has 2 nitrogen and oxygen atoms in total. The maximum atomic E-state index is 13.4. The van der Waals surface area contributed by atoms with Crippen LogP contribution in [0.1, 0.15) is 31.9 Å². The molecule has 15 heavy (non-hydrogen) atoms. The lowest BCUT2D eigenvalue weighted by Crippen LogP contribution is -2.16. The molecule has 0 aromatic heterocycles. The molecule has 0 radical (unpaired) electrons. The third-order valence-corrected chi connectivity index (χ3v) is 2.16. The van der Waals surface area contributed by atoms with Gasteiger partial charge in [-0.25, -0.2) is 4.39 Å². The second kappa shape index (κ2) is 5.61. The highest BCUT2D eigenvalue weighted by Gasteiger charge is 2.21. The molecule has 0 aliphatic carbocycles. The Hall–Kier alpha value is -1.22. The Morgan fingerprint density at radius 1 is 1.40 bits per heavy atom. The smallest absolute Gasteiger partial charge is 0.165 e. The summed E-state index contributed by atoms with van der Waals surface area (Å²) in [5.41, 5.74) is 0.325. The molecule has 0 aliphatic heterocycles. The van der Waals surface area contributed by atoms with Crippen molar-refractivity contribution in [2.75, 3.05) is 6.61 Å². The van der Waals surface area contributed by atoms with Crippen LogP contribution in [0.25, 0.3) is 0 Å². The van der Waals surface area contributed by atoms with Gasteiger partial charge in [0.1, 0.15) is 11.9 Å². The number of Topliss-reactive ketones (excluding diaryl/α,β-unsaturated/α-hetero) is 1. The highest BCUT2D eigenvalue weighted by molar-refractivity contribution is 5.84. The first-order chi connectivity index (χ1) is 7.20. The second-order valence-corrected chi connectivity index (χ2v) is 3.18. The summed E-state index contributed by atoms with van der Waals surface area (Å²) in [5, 5.41) is 0. The van der Waals surface area contributed by atoms with Gasteiger partial charge in [-0.2, -0.15) is 0 Å². The maximum absolute atomic E-state index is 13.4. The third kappa shape index (κ3) is 2.86. The number of carbonyl (C=O) groups excluding carboxylic acids is 1. The summed E-state index contributed by atoms with van der Waals surface area (Å²) in [6.07, 6.45) is -0.417. The van der Waals surface area contributed by atoms with Gasteiger partial charge in [-0.05, 0) is 13.0 Å². The van der Waals surface area contributed by atoms with Crippen LogP contribution in [0.3, 0.4) is 0 Å². The molecule has 0 saturated heterocycles. The summed E-state index contributed by atoms with van der Waals surface area (Å²) < 4.78 is 18.7. The first-order valence-electron chi connectivity index (χ1n) is 5.09. The Balaban J connectivity index is 2.98. The zero-order chi connectivity index (χ0) is 11.3. The van der Waals surface area contributed by atoms with E-state index in [0.717, 1.165) is 0 Å². The molecule has 0 N–H and O–H groups in total. The zero-order valence-electron chi connectivity index (χ0n) is 9.00. The minimum Gasteiger partial charge on any atom is -0.366 e. The van der Waals surface area contributed by atoms with Gasteiger partial charge in [-0.15, -0.1) is 0 Å². The van der Waals surface area contributed by atoms with Gasteiger partial charge in [-0.3, -0.25) is 4.79 Å². The highest BCUT2D eigenvalue weighted by Crippen LogP contribution is 2.22. The molecule has 0 aliphatic rings.